The Morgan fingerprint density at radius 2 is 1.77 bits per heavy atom. The fraction of sp³-hybridized carbons (Fsp3) is 0.118. The first-order valence-electron chi connectivity index (χ1n) is 7.26. The summed E-state index contributed by atoms with van der Waals surface area (Å²) in [5.41, 5.74) is 1.84. The summed E-state index contributed by atoms with van der Waals surface area (Å²) in [5.74, 6) is -0.723. The van der Waals surface area contributed by atoms with Crippen LogP contribution in [0, 0.1) is 5.82 Å². The van der Waals surface area contributed by atoms with Crippen LogP contribution in [0.15, 0.2) is 54.8 Å². The van der Waals surface area contributed by atoms with E-state index in [0.29, 0.717) is 22.4 Å². The predicted octanol–water partition coefficient (Wildman–Crippen LogP) is 4.57. The molecule has 0 aliphatic rings. The van der Waals surface area contributed by atoms with Crippen LogP contribution in [-0.4, -0.2) is 24.9 Å². The molecule has 0 saturated heterocycles. The summed E-state index contributed by atoms with van der Waals surface area (Å²) in [7, 11) is -3.68. The smallest absolute Gasteiger partial charge is 0.178 e. The van der Waals surface area contributed by atoms with Gasteiger partial charge in [0.05, 0.1) is 5.56 Å². The van der Waals surface area contributed by atoms with E-state index in [0.717, 1.165) is 21.3 Å². The molecule has 0 aliphatic carbocycles. The average Bonchev–Trinajstić information content (AvgIpc) is 2.96. The molecule has 26 heavy (non-hydrogen) atoms. The van der Waals surface area contributed by atoms with Crippen LogP contribution in [0.2, 0.25) is 0 Å². The summed E-state index contributed by atoms with van der Waals surface area (Å²) in [5, 5.41) is 13.6. The maximum Gasteiger partial charge on any atom is 0.178 e. The van der Waals surface area contributed by atoms with Crippen LogP contribution in [0.25, 0.3) is 22.4 Å². The zero-order valence-electron chi connectivity index (χ0n) is 13.3. The molecule has 1 N–H and O–H groups in total. The Balaban J connectivity index is 2.22. The number of aromatic nitrogens is 1. The summed E-state index contributed by atoms with van der Waals surface area (Å²) < 4.78 is 44.3. The van der Waals surface area contributed by atoms with E-state index in [1.807, 2.05) is 6.07 Å². The van der Waals surface area contributed by atoms with Crippen LogP contribution in [-0.2, 0) is 16.4 Å². The van der Waals surface area contributed by atoms with Crippen LogP contribution in [0.5, 0.6) is 0 Å². The first kappa shape index (κ1) is 19.2. The van der Waals surface area contributed by atoms with Crippen LogP contribution < -0.4 is 0 Å². The number of benzene rings is 2. The Labute approximate surface area is 166 Å². The van der Waals surface area contributed by atoms with Crippen molar-refractivity contribution in [3.63, 3.8) is 0 Å². The lowest BCUT2D eigenvalue weighted by Gasteiger charge is -2.07. The van der Waals surface area contributed by atoms with E-state index in [-0.39, 0.29) is 5.76 Å². The minimum Gasteiger partial charge on any atom is -0.388 e. The van der Waals surface area contributed by atoms with Gasteiger partial charge in [0.25, 0.3) is 0 Å². The number of hydrogen-bond donors (Lipinski definition) is 1. The quantitative estimate of drug-likeness (QED) is 0.563. The van der Waals surface area contributed by atoms with Crippen molar-refractivity contribution < 1.29 is 22.4 Å². The molecule has 1 heterocycles. The maximum atomic E-state index is 14.3. The molecule has 1 aromatic heterocycles. The molecule has 0 fully saturated rings. The molecule has 0 spiro atoms. The maximum absolute atomic E-state index is 14.3. The number of hydrogen-bond acceptors (Lipinski definition) is 5. The standard InChI is InChI=1S/C17H12Br2FNO4S/c1-26(23,24)15-3-2-9(6-13(15)20)16-14(8-22)25-21-17(16)10-4-11(18)7-12(19)5-10/h2-7,22H,8H2,1H3. The summed E-state index contributed by atoms with van der Waals surface area (Å²) in [6.45, 7) is -0.438. The fourth-order valence-electron chi connectivity index (χ4n) is 2.57. The molecule has 0 bridgehead atoms. The van der Waals surface area contributed by atoms with Crippen LogP contribution in [0.3, 0.4) is 0 Å². The summed E-state index contributed by atoms with van der Waals surface area (Å²) in [4.78, 5) is -0.394. The third kappa shape index (κ3) is 3.75. The Morgan fingerprint density at radius 3 is 2.31 bits per heavy atom. The van der Waals surface area contributed by atoms with Gasteiger partial charge in [-0.1, -0.05) is 43.1 Å². The topological polar surface area (TPSA) is 80.4 Å². The highest BCUT2D eigenvalue weighted by atomic mass is 79.9. The Morgan fingerprint density at radius 1 is 1.12 bits per heavy atom. The van der Waals surface area contributed by atoms with Gasteiger partial charge in [-0.15, -0.1) is 0 Å². The van der Waals surface area contributed by atoms with Gasteiger partial charge in [0.1, 0.15) is 23.0 Å². The van der Waals surface area contributed by atoms with Gasteiger partial charge in [-0.3, -0.25) is 0 Å². The van der Waals surface area contributed by atoms with Crippen molar-refractivity contribution in [1.82, 2.24) is 5.16 Å². The summed E-state index contributed by atoms with van der Waals surface area (Å²) in [6, 6.07) is 9.19. The van der Waals surface area contributed by atoms with Gasteiger partial charge >= 0.3 is 0 Å². The van der Waals surface area contributed by atoms with Crippen LogP contribution in [0.4, 0.5) is 4.39 Å². The molecule has 5 nitrogen and oxygen atoms in total. The van der Waals surface area contributed by atoms with Crippen LogP contribution >= 0.6 is 31.9 Å². The monoisotopic (exact) mass is 503 g/mol. The highest BCUT2D eigenvalue weighted by molar-refractivity contribution is 9.11. The van der Waals surface area contributed by atoms with Gasteiger partial charge in [-0.25, -0.2) is 12.8 Å². The first-order valence-corrected chi connectivity index (χ1v) is 10.7. The highest BCUT2D eigenvalue weighted by Gasteiger charge is 2.22. The van der Waals surface area contributed by atoms with E-state index in [1.165, 1.54) is 12.1 Å². The molecule has 2 aromatic carbocycles. The molecule has 0 radical (unpaired) electrons. The molecule has 0 unspecified atom stereocenters. The van der Waals surface area contributed by atoms with Gasteiger partial charge in [0, 0.05) is 20.8 Å². The zero-order chi connectivity index (χ0) is 19.1. The van der Waals surface area contributed by atoms with Crippen molar-refractivity contribution in [2.24, 2.45) is 0 Å². The van der Waals surface area contributed by atoms with E-state index in [1.54, 1.807) is 12.1 Å². The molecule has 136 valence electrons. The zero-order valence-corrected chi connectivity index (χ0v) is 17.3. The predicted molar refractivity (Wildman–Crippen MR) is 102 cm³/mol. The first-order chi connectivity index (χ1) is 12.2. The number of halogens is 3. The highest BCUT2D eigenvalue weighted by Crippen LogP contribution is 2.37. The SMILES string of the molecule is CS(=O)(=O)c1ccc(-c2c(-c3cc(Br)cc(Br)c3)noc2CO)cc1F. The van der Waals surface area contributed by atoms with E-state index < -0.39 is 27.2 Å². The third-order valence-corrected chi connectivity index (χ3v) is 5.71. The van der Waals surface area contributed by atoms with Crippen molar-refractivity contribution in [1.29, 1.82) is 0 Å². The largest absolute Gasteiger partial charge is 0.388 e. The molecule has 0 saturated carbocycles. The van der Waals surface area contributed by atoms with Gasteiger partial charge < -0.3 is 9.63 Å². The second-order valence-electron chi connectivity index (χ2n) is 5.56. The second kappa shape index (κ2) is 7.22. The average molecular weight is 505 g/mol. The van der Waals surface area contributed by atoms with Gasteiger partial charge in [0.15, 0.2) is 15.6 Å². The number of aliphatic hydroxyl groups excluding tert-OH is 1. The van der Waals surface area contributed by atoms with Gasteiger partial charge in [0.2, 0.25) is 0 Å². The number of rotatable bonds is 4. The Hall–Kier alpha value is -1.55. The molecular formula is C17H12Br2FNO4S. The lowest BCUT2D eigenvalue weighted by molar-refractivity contribution is 0.230. The number of aliphatic hydroxyl groups is 1. The number of sulfone groups is 1. The Kier molecular flexibility index (Phi) is 5.34. The molecule has 9 heteroatoms. The lowest BCUT2D eigenvalue weighted by Crippen LogP contribution is -2.01. The minimum absolute atomic E-state index is 0.155. The van der Waals surface area contributed by atoms with E-state index in [2.05, 4.69) is 37.0 Å². The van der Waals surface area contributed by atoms with Crippen LogP contribution in [0.1, 0.15) is 5.76 Å². The van der Waals surface area contributed by atoms with E-state index >= 15 is 0 Å². The molecule has 0 amide bonds. The lowest BCUT2D eigenvalue weighted by atomic mass is 9.99. The van der Waals surface area contributed by atoms with Gasteiger partial charge in [-0.2, -0.15) is 0 Å². The number of nitrogens with zero attached hydrogens (tertiary/aromatic N) is 1. The molecule has 3 rings (SSSR count). The molecule has 0 aliphatic heterocycles. The minimum atomic E-state index is -3.68. The molecule has 0 atom stereocenters. The summed E-state index contributed by atoms with van der Waals surface area (Å²) >= 11 is 6.79. The second-order valence-corrected chi connectivity index (χ2v) is 9.38. The van der Waals surface area contributed by atoms with Crippen molar-refractivity contribution in [2.45, 2.75) is 11.5 Å². The molecular weight excluding hydrogens is 493 g/mol. The van der Waals surface area contributed by atoms with Crippen molar-refractivity contribution in [3.05, 3.63) is 56.9 Å². The van der Waals surface area contributed by atoms with Crippen molar-refractivity contribution >= 4 is 41.7 Å². The summed E-state index contributed by atoms with van der Waals surface area (Å²) in [6.07, 6.45) is 0.939. The van der Waals surface area contributed by atoms with Crippen molar-refractivity contribution in [2.75, 3.05) is 6.26 Å². The fourth-order valence-corrected chi connectivity index (χ4v) is 4.60. The molecule has 3 aromatic rings. The van der Waals surface area contributed by atoms with Crippen molar-refractivity contribution in [3.8, 4) is 22.4 Å². The Bertz CT molecular complexity index is 1080. The van der Waals surface area contributed by atoms with E-state index in [4.69, 9.17) is 4.52 Å². The normalized spacial score (nSPS) is 11.7. The third-order valence-electron chi connectivity index (χ3n) is 3.66. The van der Waals surface area contributed by atoms with Gasteiger partial charge in [-0.05, 0) is 35.9 Å². The van der Waals surface area contributed by atoms with E-state index in [9.17, 15) is 17.9 Å².